The molecule has 0 aliphatic carbocycles. The third kappa shape index (κ3) is 4.66. The van der Waals surface area contributed by atoms with Crippen LogP contribution in [-0.4, -0.2) is 33.5 Å². The number of benzene rings is 1. The summed E-state index contributed by atoms with van der Waals surface area (Å²) in [7, 11) is 1.53. The zero-order valence-electron chi connectivity index (χ0n) is 14.5. The molecule has 3 aromatic rings. The fraction of sp³-hybridized carbons (Fsp3) is 0.235. The molecule has 0 atom stereocenters. The van der Waals surface area contributed by atoms with Gasteiger partial charge in [-0.15, -0.1) is 10.2 Å². The highest BCUT2D eigenvalue weighted by Crippen LogP contribution is 2.29. The molecule has 142 valence electrons. The van der Waals surface area contributed by atoms with Crippen LogP contribution in [0.25, 0.3) is 11.6 Å². The van der Waals surface area contributed by atoms with Gasteiger partial charge in [-0.2, -0.15) is 0 Å². The van der Waals surface area contributed by atoms with Gasteiger partial charge in [0.25, 0.3) is 0 Å². The molecule has 1 N–H and O–H groups in total. The van der Waals surface area contributed by atoms with E-state index in [-0.39, 0.29) is 11.7 Å². The van der Waals surface area contributed by atoms with Crippen molar-refractivity contribution in [3.8, 4) is 17.3 Å². The van der Waals surface area contributed by atoms with E-state index in [4.69, 9.17) is 20.8 Å². The van der Waals surface area contributed by atoms with Gasteiger partial charge in [0.1, 0.15) is 5.75 Å². The van der Waals surface area contributed by atoms with Crippen molar-refractivity contribution in [3.63, 3.8) is 0 Å². The number of anilines is 1. The number of hydrogen-bond donors (Lipinski definition) is 1. The number of thioether (sulfide) groups is 1. The minimum absolute atomic E-state index is 0.162. The molecule has 0 spiro atoms. The van der Waals surface area contributed by atoms with E-state index in [0.717, 1.165) is 0 Å². The Hall–Kier alpha value is -1.97. The number of halogens is 2. The van der Waals surface area contributed by atoms with Crippen LogP contribution in [0.1, 0.15) is 6.92 Å². The Balaban J connectivity index is 1.69. The van der Waals surface area contributed by atoms with Crippen molar-refractivity contribution in [3.05, 3.63) is 40.0 Å². The van der Waals surface area contributed by atoms with Crippen LogP contribution in [0.3, 0.4) is 0 Å². The second-order valence-corrected chi connectivity index (χ2v) is 7.50. The smallest absolute Gasteiger partial charge is 0.234 e. The predicted octanol–water partition coefficient (Wildman–Crippen LogP) is 4.71. The highest BCUT2D eigenvalue weighted by atomic mass is 79.9. The molecule has 0 saturated heterocycles. The third-order valence-corrected chi connectivity index (χ3v) is 5.22. The van der Waals surface area contributed by atoms with Gasteiger partial charge < -0.3 is 14.5 Å². The Kier molecular flexibility index (Phi) is 6.46. The summed E-state index contributed by atoms with van der Waals surface area (Å²) in [5, 5.41) is 12.3. The molecule has 3 rings (SSSR count). The van der Waals surface area contributed by atoms with Crippen LogP contribution in [-0.2, 0) is 11.3 Å². The molecule has 27 heavy (non-hydrogen) atoms. The van der Waals surface area contributed by atoms with Gasteiger partial charge in [-0.05, 0) is 53.2 Å². The summed E-state index contributed by atoms with van der Waals surface area (Å²) in [5.41, 5.74) is 0.522. The third-order valence-electron chi connectivity index (χ3n) is 3.59. The highest BCUT2D eigenvalue weighted by molar-refractivity contribution is 9.10. The lowest BCUT2D eigenvalue weighted by molar-refractivity contribution is -0.113. The maximum atomic E-state index is 12.3. The van der Waals surface area contributed by atoms with Crippen LogP contribution >= 0.6 is 39.3 Å². The summed E-state index contributed by atoms with van der Waals surface area (Å²) in [6.45, 7) is 2.62. The van der Waals surface area contributed by atoms with Crippen LogP contribution in [0.4, 0.5) is 5.69 Å². The normalized spacial score (nSPS) is 10.8. The zero-order valence-corrected chi connectivity index (χ0v) is 17.7. The maximum absolute atomic E-state index is 12.3. The summed E-state index contributed by atoms with van der Waals surface area (Å²) in [4.78, 5) is 12.3. The van der Waals surface area contributed by atoms with Gasteiger partial charge in [-0.3, -0.25) is 9.36 Å². The van der Waals surface area contributed by atoms with Crippen LogP contribution in [0, 0.1) is 0 Å². The summed E-state index contributed by atoms with van der Waals surface area (Å²) in [6, 6.07) is 8.65. The van der Waals surface area contributed by atoms with Crippen molar-refractivity contribution in [1.29, 1.82) is 0 Å². The van der Waals surface area contributed by atoms with E-state index >= 15 is 0 Å². The van der Waals surface area contributed by atoms with Gasteiger partial charge >= 0.3 is 0 Å². The number of amides is 1. The minimum atomic E-state index is -0.200. The zero-order chi connectivity index (χ0) is 19.4. The monoisotopic (exact) mass is 470 g/mol. The van der Waals surface area contributed by atoms with E-state index in [1.165, 1.54) is 18.9 Å². The van der Waals surface area contributed by atoms with Gasteiger partial charge in [-0.25, -0.2) is 0 Å². The average molecular weight is 472 g/mol. The first kappa shape index (κ1) is 19.8. The van der Waals surface area contributed by atoms with Gasteiger partial charge in [-0.1, -0.05) is 23.4 Å². The number of ether oxygens (including phenoxy) is 1. The summed E-state index contributed by atoms with van der Waals surface area (Å²) in [6.07, 6.45) is 0. The lowest BCUT2D eigenvalue weighted by Gasteiger charge is -2.10. The molecule has 0 aliphatic heterocycles. The Bertz CT molecular complexity index is 960. The van der Waals surface area contributed by atoms with Crippen LogP contribution in [0.2, 0.25) is 5.02 Å². The molecular formula is C17H16BrClN4O3S. The molecule has 0 radical (unpaired) electrons. The first-order chi connectivity index (χ1) is 13.0. The molecular weight excluding hydrogens is 456 g/mol. The number of aromatic nitrogens is 3. The van der Waals surface area contributed by atoms with E-state index < -0.39 is 0 Å². The number of carbonyl (C=O) groups is 1. The molecule has 10 heteroatoms. The maximum Gasteiger partial charge on any atom is 0.234 e. The van der Waals surface area contributed by atoms with Crippen molar-refractivity contribution in [2.45, 2.75) is 18.6 Å². The van der Waals surface area contributed by atoms with Crippen molar-refractivity contribution in [1.82, 2.24) is 14.8 Å². The largest absolute Gasteiger partial charge is 0.495 e. The summed E-state index contributed by atoms with van der Waals surface area (Å²) >= 11 is 10.6. The second-order valence-electron chi connectivity index (χ2n) is 5.34. The van der Waals surface area contributed by atoms with Gasteiger partial charge in [0.05, 0.1) is 18.6 Å². The molecule has 0 unspecified atom stereocenters. The highest BCUT2D eigenvalue weighted by Gasteiger charge is 2.17. The first-order valence-corrected chi connectivity index (χ1v) is 10.1. The number of nitrogens with zero attached hydrogens (tertiary/aromatic N) is 3. The molecule has 0 saturated carbocycles. The summed E-state index contributed by atoms with van der Waals surface area (Å²) < 4.78 is 13.3. The molecule has 2 aromatic heterocycles. The van der Waals surface area contributed by atoms with E-state index in [1.54, 1.807) is 24.3 Å². The SMILES string of the molecule is CCn1c(SCC(=O)Nc2cc(Cl)ccc2OC)nnc1-c1ccc(Br)o1. The molecule has 2 heterocycles. The Labute approximate surface area is 173 Å². The number of carbonyl (C=O) groups excluding carboxylic acids is 1. The minimum Gasteiger partial charge on any atom is -0.495 e. The van der Waals surface area contributed by atoms with Crippen LogP contribution in [0.5, 0.6) is 5.75 Å². The van der Waals surface area contributed by atoms with Crippen LogP contribution < -0.4 is 10.1 Å². The average Bonchev–Trinajstić information content (AvgIpc) is 3.25. The fourth-order valence-corrected chi connectivity index (χ4v) is 3.67. The Morgan fingerprint density at radius 2 is 2.19 bits per heavy atom. The van der Waals surface area contributed by atoms with Crippen LogP contribution in [0.15, 0.2) is 44.6 Å². The molecule has 1 aromatic carbocycles. The van der Waals surface area contributed by atoms with Crippen molar-refractivity contribution in [2.75, 3.05) is 18.2 Å². The molecule has 1 amide bonds. The number of hydrogen-bond acceptors (Lipinski definition) is 6. The lowest BCUT2D eigenvalue weighted by atomic mass is 10.3. The van der Waals surface area contributed by atoms with Crippen molar-refractivity contribution < 1.29 is 13.9 Å². The van der Waals surface area contributed by atoms with E-state index in [9.17, 15) is 4.79 Å². The van der Waals surface area contributed by atoms with Gasteiger partial charge in [0.15, 0.2) is 15.6 Å². The number of rotatable bonds is 7. The molecule has 0 fully saturated rings. The second kappa shape index (κ2) is 8.81. The van der Waals surface area contributed by atoms with Crippen molar-refractivity contribution in [2.24, 2.45) is 0 Å². The quantitative estimate of drug-likeness (QED) is 0.502. The molecule has 7 nitrogen and oxygen atoms in total. The summed E-state index contributed by atoms with van der Waals surface area (Å²) in [5.74, 6) is 1.72. The number of nitrogens with one attached hydrogen (secondary N) is 1. The standard InChI is InChI=1S/C17H16BrClN4O3S/c1-3-23-16(13-6-7-14(18)26-13)21-22-17(23)27-9-15(24)20-11-8-10(19)4-5-12(11)25-2/h4-8H,3,9H2,1-2H3,(H,20,24). The van der Waals surface area contributed by atoms with E-state index in [2.05, 4.69) is 31.4 Å². The fourth-order valence-electron chi connectivity index (χ4n) is 2.39. The lowest BCUT2D eigenvalue weighted by Crippen LogP contribution is -2.15. The Morgan fingerprint density at radius 3 is 2.85 bits per heavy atom. The van der Waals surface area contributed by atoms with Gasteiger partial charge in [0, 0.05) is 11.6 Å². The molecule has 0 bridgehead atoms. The Morgan fingerprint density at radius 1 is 1.37 bits per heavy atom. The van der Waals surface area contributed by atoms with Gasteiger partial charge in [0.2, 0.25) is 11.7 Å². The first-order valence-electron chi connectivity index (χ1n) is 7.97. The van der Waals surface area contributed by atoms with E-state index in [1.807, 2.05) is 17.6 Å². The molecule has 0 aliphatic rings. The van der Waals surface area contributed by atoms with E-state index in [0.29, 0.717) is 44.4 Å². The predicted molar refractivity (Wildman–Crippen MR) is 108 cm³/mol. The topological polar surface area (TPSA) is 82.2 Å². The number of furan rings is 1. The van der Waals surface area contributed by atoms with Crippen molar-refractivity contribution >= 4 is 50.9 Å². The number of methoxy groups -OCH3 is 1.